The summed E-state index contributed by atoms with van der Waals surface area (Å²) in [5, 5.41) is 12.5. The standard InChI is InChI=1S/C32H35ClN2O10/c1-40-23-10-6-21(7-11-23)19-43-26-15-14-25(28(33)29(26)44-20-22-8-12-24(41-2)13-9-22)30(36)34-16-17-35(31(37)32(38)39)45-27-5-3-4-18-42-27/h6-15,27H,3-5,16-20H2,1-2H3,(H,34,36)(H,38,39). The number of rotatable bonds is 14. The number of aliphatic carboxylic acids is 1. The van der Waals surface area contributed by atoms with Crippen molar-refractivity contribution in [3.05, 3.63) is 82.4 Å². The van der Waals surface area contributed by atoms with E-state index >= 15 is 0 Å². The van der Waals surface area contributed by atoms with Gasteiger partial charge in [-0.3, -0.25) is 9.59 Å². The zero-order valence-corrected chi connectivity index (χ0v) is 25.7. The molecule has 3 aromatic rings. The summed E-state index contributed by atoms with van der Waals surface area (Å²) in [6.45, 7) is 0.401. The summed E-state index contributed by atoms with van der Waals surface area (Å²) in [6, 6.07) is 17.7. The van der Waals surface area contributed by atoms with Crippen molar-refractivity contribution >= 4 is 29.4 Å². The maximum Gasteiger partial charge on any atom is 0.396 e. The van der Waals surface area contributed by atoms with Gasteiger partial charge in [-0.1, -0.05) is 35.9 Å². The van der Waals surface area contributed by atoms with Crippen LogP contribution in [-0.4, -0.2) is 68.2 Å². The van der Waals surface area contributed by atoms with E-state index in [4.69, 9.17) is 40.1 Å². The van der Waals surface area contributed by atoms with E-state index in [1.165, 1.54) is 6.07 Å². The number of hydroxylamine groups is 2. The normalized spacial score (nSPS) is 14.2. The number of nitrogens with one attached hydrogen (secondary N) is 1. The van der Waals surface area contributed by atoms with Crippen LogP contribution in [0.15, 0.2) is 60.7 Å². The average Bonchev–Trinajstić information content (AvgIpc) is 3.06. The van der Waals surface area contributed by atoms with E-state index in [1.54, 1.807) is 32.4 Å². The number of hydrogen-bond acceptors (Lipinski definition) is 9. The number of benzene rings is 3. The number of carbonyl (C=O) groups is 3. The summed E-state index contributed by atoms with van der Waals surface area (Å²) in [5.74, 6) is -1.65. The monoisotopic (exact) mass is 642 g/mol. The molecule has 1 aliphatic heterocycles. The molecule has 1 saturated heterocycles. The van der Waals surface area contributed by atoms with Crippen LogP contribution in [0, 0.1) is 0 Å². The van der Waals surface area contributed by atoms with Crippen molar-refractivity contribution in [3.8, 4) is 23.0 Å². The van der Waals surface area contributed by atoms with Crippen molar-refractivity contribution in [2.45, 2.75) is 38.8 Å². The van der Waals surface area contributed by atoms with Gasteiger partial charge in [0.25, 0.3) is 5.91 Å². The van der Waals surface area contributed by atoms with Crippen LogP contribution in [0.25, 0.3) is 0 Å². The predicted molar refractivity (Wildman–Crippen MR) is 162 cm³/mol. The van der Waals surface area contributed by atoms with E-state index in [0.29, 0.717) is 35.3 Å². The minimum atomic E-state index is -1.69. The number of methoxy groups -OCH3 is 2. The van der Waals surface area contributed by atoms with Crippen molar-refractivity contribution in [1.29, 1.82) is 0 Å². The van der Waals surface area contributed by atoms with Crippen molar-refractivity contribution < 1.29 is 48.0 Å². The van der Waals surface area contributed by atoms with Gasteiger partial charge in [-0.25, -0.2) is 14.7 Å². The summed E-state index contributed by atoms with van der Waals surface area (Å²) in [4.78, 5) is 42.2. The highest BCUT2D eigenvalue weighted by molar-refractivity contribution is 6.35. The molecule has 1 unspecified atom stereocenters. The van der Waals surface area contributed by atoms with Gasteiger partial charge in [0.05, 0.1) is 31.4 Å². The largest absolute Gasteiger partial charge is 0.497 e. The number of hydrogen-bond donors (Lipinski definition) is 2. The van der Waals surface area contributed by atoms with E-state index in [-0.39, 0.29) is 42.6 Å². The van der Waals surface area contributed by atoms with Gasteiger partial charge >= 0.3 is 11.9 Å². The second kappa shape index (κ2) is 16.5. The van der Waals surface area contributed by atoms with Crippen LogP contribution in [0.1, 0.15) is 40.7 Å². The van der Waals surface area contributed by atoms with Gasteiger partial charge in [-0.15, -0.1) is 0 Å². The van der Waals surface area contributed by atoms with Crippen molar-refractivity contribution in [2.75, 3.05) is 33.9 Å². The molecule has 45 heavy (non-hydrogen) atoms. The first-order chi connectivity index (χ1) is 21.8. The van der Waals surface area contributed by atoms with Crippen molar-refractivity contribution in [1.82, 2.24) is 10.4 Å². The number of nitrogens with zero attached hydrogens (tertiary/aromatic N) is 1. The number of carboxylic acid groups (broad SMARTS) is 1. The lowest BCUT2D eigenvalue weighted by molar-refractivity contribution is -0.278. The summed E-state index contributed by atoms with van der Waals surface area (Å²) in [5.41, 5.74) is 1.79. The number of carbonyl (C=O) groups excluding carboxylic acids is 2. The molecule has 0 radical (unpaired) electrons. The van der Waals surface area contributed by atoms with Crippen LogP contribution in [0.5, 0.6) is 23.0 Å². The Morgan fingerprint density at radius 3 is 2.09 bits per heavy atom. The fourth-order valence-electron chi connectivity index (χ4n) is 4.33. The minimum absolute atomic E-state index is 0.0126. The molecule has 0 aliphatic carbocycles. The number of amides is 2. The molecule has 2 amide bonds. The number of ether oxygens (including phenoxy) is 5. The van der Waals surface area contributed by atoms with Gasteiger partial charge in [0.2, 0.25) is 0 Å². The molecule has 13 heteroatoms. The second-order valence-corrected chi connectivity index (χ2v) is 10.3. The quantitative estimate of drug-likeness (QED) is 0.189. The topological polar surface area (TPSA) is 142 Å². The maximum absolute atomic E-state index is 13.2. The third kappa shape index (κ3) is 9.48. The number of halogens is 1. The molecule has 1 atom stereocenters. The third-order valence-electron chi connectivity index (χ3n) is 6.79. The van der Waals surface area contributed by atoms with Crippen molar-refractivity contribution in [3.63, 3.8) is 0 Å². The molecule has 3 aromatic carbocycles. The highest BCUT2D eigenvalue weighted by Crippen LogP contribution is 2.39. The highest BCUT2D eigenvalue weighted by atomic mass is 35.5. The Hall–Kier alpha value is -4.52. The Morgan fingerprint density at radius 1 is 0.911 bits per heavy atom. The van der Waals surface area contributed by atoms with E-state index < -0.39 is 24.1 Å². The van der Waals surface area contributed by atoms with E-state index in [1.807, 2.05) is 36.4 Å². The van der Waals surface area contributed by atoms with Crippen LogP contribution in [-0.2, 0) is 32.4 Å². The van der Waals surface area contributed by atoms with E-state index in [0.717, 1.165) is 24.0 Å². The Bertz CT molecular complexity index is 1440. The Labute approximate surface area is 265 Å². The summed E-state index contributed by atoms with van der Waals surface area (Å²) >= 11 is 6.72. The summed E-state index contributed by atoms with van der Waals surface area (Å²) < 4.78 is 28.0. The molecule has 1 fully saturated rings. The van der Waals surface area contributed by atoms with Crippen LogP contribution in [0.4, 0.5) is 0 Å². The lowest BCUT2D eigenvalue weighted by atomic mass is 10.1. The van der Waals surface area contributed by atoms with Crippen LogP contribution < -0.4 is 24.3 Å². The first-order valence-electron chi connectivity index (χ1n) is 14.2. The summed E-state index contributed by atoms with van der Waals surface area (Å²) in [6.07, 6.45) is 1.43. The van der Waals surface area contributed by atoms with Crippen LogP contribution in [0.3, 0.4) is 0 Å². The predicted octanol–water partition coefficient (Wildman–Crippen LogP) is 4.62. The Kier molecular flexibility index (Phi) is 12.3. The first-order valence-corrected chi connectivity index (χ1v) is 14.6. The minimum Gasteiger partial charge on any atom is -0.497 e. The van der Waals surface area contributed by atoms with Crippen LogP contribution in [0.2, 0.25) is 5.02 Å². The highest BCUT2D eigenvalue weighted by Gasteiger charge is 2.27. The van der Waals surface area contributed by atoms with Gasteiger partial charge in [-0.2, -0.15) is 0 Å². The first kappa shape index (κ1) is 33.4. The molecule has 2 N–H and O–H groups in total. The fraction of sp³-hybridized carbons (Fsp3) is 0.344. The number of carboxylic acids is 1. The molecular formula is C32H35ClN2O10. The third-order valence-corrected chi connectivity index (χ3v) is 7.17. The SMILES string of the molecule is COc1ccc(COc2ccc(C(=O)NCCN(OC3CCCCO3)C(=O)C(=O)O)c(Cl)c2OCc2ccc(OC)cc2)cc1. The Balaban J connectivity index is 1.47. The molecule has 0 bridgehead atoms. The molecule has 1 aliphatic rings. The van der Waals surface area contributed by atoms with Gasteiger partial charge in [0.15, 0.2) is 17.8 Å². The summed E-state index contributed by atoms with van der Waals surface area (Å²) in [7, 11) is 3.16. The lowest BCUT2D eigenvalue weighted by Crippen LogP contribution is -2.44. The van der Waals surface area contributed by atoms with Gasteiger partial charge in [0.1, 0.15) is 24.7 Å². The zero-order valence-electron chi connectivity index (χ0n) is 25.0. The van der Waals surface area contributed by atoms with E-state index in [2.05, 4.69) is 5.32 Å². The molecule has 0 saturated carbocycles. The fourth-order valence-corrected chi connectivity index (χ4v) is 4.63. The van der Waals surface area contributed by atoms with E-state index in [9.17, 15) is 19.5 Å². The van der Waals surface area contributed by atoms with Crippen LogP contribution >= 0.6 is 11.6 Å². The van der Waals surface area contributed by atoms with Gasteiger partial charge in [0, 0.05) is 19.6 Å². The Morgan fingerprint density at radius 2 is 1.53 bits per heavy atom. The molecule has 1 heterocycles. The van der Waals surface area contributed by atoms with Gasteiger partial charge in [-0.05, 0) is 60.4 Å². The smallest absolute Gasteiger partial charge is 0.396 e. The lowest BCUT2D eigenvalue weighted by Gasteiger charge is -2.28. The molecule has 240 valence electrons. The molecule has 4 rings (SSSR count). The molecular weight excluding hydrogens is 608 g/mol. The molecule has 0 aromatic heterocycles. The maximum atomic E-state index is 13.2. The molecule has 12 nitrogen and oxygen atoms in total. The average molecular weight is 643 g/mol. The second-order valence-electron chi connectivity index (χ2n) is 9.90. The van der Waals surface area contributed by atoms with Crippen molar-refractivity contribution in [2.24, 2.45) is 0 Å². The van der Waals surface area contributed by atoms with Gasteiger partial charge < -0.3 is 34.1 Å². The zero-order chi connectivity index (χ0) is 32.2. The molecule has 0 spiro atoms.